The molecule has 0 bridgehead atoms. The summed E-state index contributed by atoms with van der Waals surface area (Å²) in [6, 6.07) is 5.75. The van der Waals surface area contributed by atoms with Gasteiger partial charge in [0, 0.05) is 11.3 Å². The standard InChI is InChI=1S/C19H26N3O3/c1-12-8-7-9-13(2)16(12)21-15(23)11-20-17(24)14-10-18(3,4)22(25)19(14,5)6/h7-10H,11H2,1-6H3,(H,20,24)(H,21,23). The topological polar surface area (TPSA) is 81.3 Å². The molecular formula is C19H26N3O3. The van der Waals surface area contributed by atoms with Crippen molar-refractivity contribution in [2.45, 2.75) is 52.6 Å². The van der Waals surface area contributed by atoms with Crippen molar-refractivity contribution in [3.05, 3.63) is 41.0 Å². The molecule has 1 aromatic rings. The maximum Gasteiger partial charge on any atom is 0.249 e. The van der Waals surface area contributed by atoms with Gasteiger partial charge in [0.05, 0.1) is 17.6 Å². The van der Waals surface area contributed by atoms with E-state index in [1.165, 1.54) is 0 Å². The van der Waals surface area contributed by atoms with Crippen LogP contribution < -0.4 is 10.6 Å². The number of nitrogens with one attached hydrogen (secondary N) is 2. The summed E-state index contributed by atoms with van der Waals surface area (Å²) in [5.74, 6) is -0.700. The Kier molecular flexibility index (Phi) is 5.06. The van der Waals surface area contributed by atoms with Gasteiger partial charge >= 0.3 is 0 Å². The molecule has 0 atom stereocenters. The highest BCUT2D eigenvalue weighted by atomic mass is 16.5. The number of para-hydroxylation sites is 1. The lowest BCUT2D eigenvalue weighted by atomic mass is 9.96. The number of hydrogen-bond donors (Lipinski definition) is 2. The minimum Gasteiger partial charge on any atom is -0.343 e. The van der Waals surface area contributed by atoms with Crippen LogP contribution in [0.25, 0.3) is 0 Å². The maximum atomic E-state index is 12.5. The molecule has 2 amide bonds. The molecule has 0 spiro atoms. The van der Waals surface area contributed by atoms with Crippen LogP contribution >= 0.6 is 0 Å². The average molecular weight is 344 g/mol. The van der Waals surface area contributed by atoms with Crippen LogP contribution in [0.3, 0.4) is 0 Å². The number of carbonyl (C=O) groups is 2. The van der Waals surface area contributed by atoms with E-state index < -0.39 is 17.0 Å². The molecule has 1 aliphatic rings. The number of anilines is 1. The van der Waals surface area contributed by atoms with E-state index in [0.29, 0.717) is 5.57 Å². The molecule has 0 fully saturated rings. The summed E-state index contributed by atoms with van der Waals surface area (Å²) in [7, 11) is 0. The zero-order valence-corrected chi connectivity index (χ0v) is 15.7. The number of benzene rings is 1. The number of hydrogen-bond acceptors (Lipinski definition) is 3. The van der Waals surface area contributed by atoms with Gasteiger partial charge in [0.15, 0.2) is 0 Å². The maximum absolute atomic E-state index is 12.5. The molecule has 2 rings (SSSR count). The summed E-state index contributed by atoms with van der Waals surface area (Å²) in [6.45, 7) is 10.6. The summed E-state index contributed by atoms with van der Waals surface area (Å²) >= 11 is 0. The van der Waals surface area contributed by atoms with Gasteiger partial charge in [-0.15, -0.1) is 10.3 Å². The summed E-state index contributed by atoms with van der Waals surface area (Å²) in [4.78, 5) is 24.6. The van der Waals surface area contributed by atoms with Crippen LogP contribution in [0.2, 0.25) is 0 Å². The van der Waals surface area contributed by atoms with E-state index in [-0.39, 0.29) is 12.5 Å². The summed E-state index contributed by atoms with van der Waals surface area (Å²) in [6.07, 6.45) is 1.67. The Morgan fingerprint density at radius 3 is 2.12 bits per heavy atom. The minimum atomic E-state index is -0.934. The molecule has 0 saturated heterocycles. The third kappa shape index (κ3) is 3.75. The van der Waals surface area contributed by atoms with Crippen molar-refractivity contribution in [1.29, 1.82) is 0 Å². The normalized spacial score (nSPS) is 18.6. The highest BCUT2D eigenvalue weighted by Gasteiger charge is 2.48. The van der Waals surface area contributed by atoms with Crippen LogP contribution in [0.5, 0.6) is 0 Å². The van der Waals surface area contributed by atoms with Crippen LogP contribution in [0.1, 0.15) is 38.8 Å². The average Bonchev–Trinajstić information content (AvgIpc) is 2.68. The third-order valence-electron chi connectivity index (χ3n) is 4.59. The second-order valence-electron chi connectivity index (χ2n) is 7.56. The molecular weight excluding hydrogens is 318 g/mol. The van der Waals surface area contributed by atoms with Crippen LogP contribution in [0.15, 0.2) is 29.8 Å². The highest BCUT2D eigenvalue weighted by Crippen LogP contribution is 2.38. The lowest BCUT2D eigenvalue weighted by molar-refractivity contribution is -0.238. The van der Waals surface area contributed by atoms with Gasteiger partial charge < -0.3 is 10.6 Å². The molecule has 6 nitrogen and oxygen atoms in total. The van der Waals surface area contributed by atoms with E-state index >= 15 is 0 Å². The fraction of sp³-hybridized carbons (Fsp3) is 0.474. The van der Waals surface area contributed by atoms with Gasteiger partial charge in [-0.2, -0.15) is 0 Å². The molecule has 0 aromatic heterocycles. The first kappa shape index (κ1) is 19.1. The van der Waals surface area contributed by atoms with Crippen LogP contribution in [0, 0.1) is 13.8 Å². The van der Waals surface area contributed by atoms with Gasteiger partial charge in [0.25, 0.3) is 0 Å². The number of hydroxylamine groups is 2. The molecule has 2 N–H and O–H groups in total. The Balaban J connectivity index is 2.02. The Labute approximate surface area is 148 Å². The zero-order valence-electron chi connectivity index (χ0n) is 15.7. The number of aryl methyl sites for hydroxylation is 2. The lowest BCUT2D eigenvalue weighted by Gasteiger charge is -2.33. The predicted molar refractivity (Wildman–Crippen MR) is 96.3 cm³/mol. The summed E-state index contributed by atoms with van der Waals surface area (Å²) < 4.78 is 0. The smallest absolute Gasteiger partial charge is 0.249 e. The number of rotatable bonds is 4. The number of carbonyl (C=O) groups excluding carboxylic acids is 2. The van der Waals surface area contributed by atoms with E-state index in [9.17, 15) is 14.8 Å². The van der Waals surface area contributed by atoms with E-state index in [1.54, 1.807) is 33.8 Å². The molecule has 1 aromatic carbocycles. The molecule has 1 heterocycles. The van der Waals surface area contributed by atoms with Crippen LogP contribution in [0.4, 0.5) is 5.69 Å². The molecule has 0 aliphatic carbocycles. The van der Waals surface area contributed by atoms with Gasteiger partial charge in [-0.3, -0.25) is 9.59 Å². The number of nitrogens with zero attached hydrogens (tertiary/aromatic N) is 1. The molecule has 25 heavy (non-hydrogen) atoms. The predicted octanol–water partition coefficient (Wildman–Crippen LogP) is 2.50. The summed E-state index contributed by atoms with van der Waals surface area (Å²) in [5.41, 5.74) is 1.38. The summed E-state index contributed by atoms with van der Waals surface area (Å²) in [5, 5.41) is 18.7. The minimum absolute atomic E-state index is 0.153. The molecule has 1 aliphatic heterocycles. The van der Waals surface area contributed by atoms with Gasteiger partial charge in [0.2, 0.25) is 11.8 Å². The Bertz CT molecular complexity index is 715. The van der Waals surface area contributed by atoms with Gasteiger partial charge in [-0.25, -0.2) is 0 Å². The van der Waals surface area contributed by atoms with Crippen molar-refractivity contribution in [3.63, 3.8) is 0 Å². The third-order valence-corrected chi connectivity index (χ3v) is 4.59. The fourth-order valence-corrected chi connectivity index (χ4v) is 3.21. The van der Waals surface area contributed by atoms with E-state index in [1.807, 2.05) is 32.0 Å². The second kappa shape index (κ2) is 6.61. The largest absolute Gasteiger partial charge is 0.343 e. The van der Waals surface area contributed by atoms with Crippen molar-refractivity contribution in [2.24, 2.45) is 0 Å². The van der Waals surface area contributed by atoms with Gasteiger partial charge in [0.1, 0.15) is 0 Å². The van der Waals surface area contributed by atoms with Crippen molar-refractivity contribution in [1.82, 2.24) is 10.4 Å². The first-order chi connectivity index (χ1) is 11.5. The van der Waals surface area contributed by atoms with E-state index in [4.69, 9.17) is 0 Å². The zero-order chi connectivity index (χ0) is 19.0. The molecule has 0 saturated carbocycles. The molecule has 6 heteroatoms. The van der Waals surface area contributed by atoms with Gasteiger partial charge in [-0.05, 0) is 52.7 Å². The lowest BCUT2D eigenvalue weighted by Crippen LogP contribution is -2.49. The Morgan fingerprint density at radius 2 is 1.64 bits per heavy atom. The van der Waals surface area contributed by atoms with E-state index in [2.05, 4.69) is 10.6 Å². The monoisotopic (exact) mass is 344 g/mol. The SMILES string of the molecule is Cc1cccc(C)c1NC(=O)CNC(=O)C1=CC(C)(C)N([O])C1(C)C. The van der Waals surface area contributed by atoms with Crippen molar-refractivity contribution in [3.8, 4) is 0 Å². The second-order valence-corrected chi connectivity index (χ2v) is 7.56. The number of amides is 2. The Hall–Kier alpha value is -2.18. The quantitative estimate of drug-likeness (QED) is 0.880. The first-order valence-electron chi connectivity index (χ1n) is 8.32. The molecule has 0 unspecified atom stereocenters. The van der Waals surface area contributed by atoms with Crippen LogP contribution in [-0.4, -0.2) is 34.5 Å². The van der Waals surface area contributed by atoms with Crippen LogP contribution in [-0.2, 0) is 14.8 Å². The molecule has 135 valence electrons. The Morgan fingerprint density at radius 1 is 1.08 bits per heavy atom. The molecule has 1 radical (unpaired) electrons. The highest BCUT2D eigenvalue weighted by molar-refractivity contribution is 6.01. The van der Waals surface area contributed by atoms with Gasteiger partial charge in [-0.1, -0.05) is 24.3 Å². The first-order valence-corrected chi connectivity index (χ1v) is 8.32. The van der Waals surface area contributed by atoms with Crippen molar-refractivity contribution >= 4 is 17.5 Å². The van der Waals surface area contributed by atoms with Crippen molar-refractivity contribution in [2.75, 3.05) is 11.9 Å². The fourth-order valence-electron chi connectivity index (χ4n) is 3.21. The van der Waals surface area contributed by atoms with E-state index in [0.717, 1.165) is 21.9 Å². The van der Waals surface area contributed by atoms with Crippen molar-refractivity contribution < 1.29 is 14.8 Å².